The molecule has 1 aliphatic heterocycles. The van der Waals surface area contributed by atoms with Crippen molar-refractivity contribution in [3.05, 3.63) is 51.6 Å². The molecule has 0 spiro atoms. The number of nitro benzene ring substituents is 1. The Bertz CT molecular complexity index is 794. The highest BCUT2D eigenvalue weighted by molar-refractivity contribution is 5.91. The second kappa shape index (κ2) is 6.92. The fourth-order valence-corrected chi connectivity index (χ4v) is 3.35. The summed E-state index contributed by atoms with van der Waals surface area (Å²) in [4.78, 5) is 32.1. The topological polar surface area (TPSA) is 101 Å². The van der Waals surface area contributed by atoms with Gasteiger partial charge in [-0.15, -0.1) is 0 Å². The number of esters is 1. The van der Waals surface area contributed by atoms with E-state index in [4.69, 9.17) is 4.74 Å². The minimum absolute atomic E-state index is 0.00190. The van der Waals surface area contributed by atoms with Gasteiger partial charge >= 0.3 is 5.97 Å². The summed E-state index contributed by atoms with van der Waals surface area (Å²) in [6.07, 6.45) is 3.40. The zero-order valence-corrected chi connectivity index (χ0v) is 14.2. The van der Waals surface area contributed by atoms with Gasteiger partial charge in [-0.3, -0.25) is 10.1 Å². The fourth-order valence-electron chi connectivity index (χ4n) is 3.35. The molecule has 0 atom stereocenters. The molecule has 25 heavy (non-hydrogen) atoms. The van der Waals surface area contributed by atoms with Gasteiger partial charge in [-0.2, -0.15) is 0 Å². The normalized spacial score (nSPS) is 15.2. The molecule has 1 fully saturated rings. The van der Waals surface area contributed by atoms with E-state index < -0.39 is 10.9 Å². The Morgan fingerprint density at radius 3 is 2.68 bits per heavy atom. The van der Waals surface area contributed by atoms with Crippen LogP contribution in [0.15, 0.2) is 24.5 Å². The van der Waals surface area contributed by atoms with E-state index in [-0.39, 0.29) is 5.69 Å². The van der Waals surface area contributed by atoms with Gasteiger partial charge in [0.2, 0.25) is 0 Å². The van der Waals surface area contributed by atoms with Crippen molar-refractivity contribution in [1.82, 2.24) is 9.97 Å². The van der Waals surface area contributed by atoms with Gasteiger partial charge in [0.25, 0.3) is 5.69 Å². The molecule has 0 saturated carbocycles. The largest absolute Gasteiger partial charge is 0.465 e. The van der Waals surface area contributed by atoms with E-state index in [9.17, 15) is 14.9 Å². The molecule has 1 aromatic carbocycles. The number of rotatable bonds is 4. The maximum atomic E-state index is 11.8. The lowest BCUT2D eigenvalue weighted by atomic mass is 9.92. The maximum Gasteiger partial charge on any atom is 0.337 e. The molecule has 0 radical (unpaired) electrons. The van der Waals surface area contributed by atoms with Gasteiger partial charge in [-0.1, -0.05) is 0 Å². The molecule has 132 valence electrons. The first-order chi connectivity index (χ1) is 12.0. The average Bonchev–Trinajstić information content (AvgIpc) is 3.06. The summed E-state index contributed by atoms with van der Waals surface area (Å²) in [5.74, 6) is -0.163. The number of aromatic nitrogens is 2. The van der Waals surface area contributed by atoms with E-state index >= 15 is 0 Å². The number of hydrogen-bond donors (Lipinski definition) is 1. The molecule has 3 rings (SSSR count). The molecule has 8 heteroatoms. The molecular weight excluding hydrogens is 324 g/mol. The quantitative estimate of drug-likeness (QED) is 0.520. The zero-order chi connectivity index (χ0) is 18.0. The van der Waals surface area contributed by atoms with E-state index in [1.54, 1.807) is 12.4 Å². The average molecular weight is 344 g/mol. The van der Waals surface area contributed by atoms with Crippen molar-refractivity contribution in [2.75, 3.05) is 25.1 Å². The molecule has 8 nitrogen and oxygen atoms in total. The molecule has 2 aromatic rings. The monoisotopic (exact) mass is 344 g/mol. The first kappa shape index (κ1) is 16.9. The molecule has 1 aliphatic rings. The number of nitro groups is 1. The van der Waals surface area contributed by atoms with E-state index in [0.29, 0.717) is 30.3 Å². The Morgan fingerprint density at radius 1 is 1.40 bits per heavy atom. The van der Waals surface area contributed by atoms with Crippen LogP contribution in [0.3, 0.4) is 0 Å². The summed E-state index contributed by atoms with van der Waals surface area (Å²) in [7, 11) is 1.29. The summed E-state index contributed by atoms with van der Waals surface area (Å²) >= 11 is 0. The van der Waals surface area contributed by atoms with Crippen LogP contribution in [-0.4, -0.2) is 41.1 Å². The van der Waals surface area contributed by atoms with Crippen molar-refractivity contribution in [3.8, 4) is 0 Å². The molecule has 0 bridgehead atoms. The number of ether oxygens (including phenoxy) is 1. The molecule has 2 heterocycles. The Labute approximate surface area is 145 Å². The van der Waals surface area contributed by atoms with Gasteiger partial charge in [0.1, 0.15) is 5.69 Å². The number of aromatic amines is 1. The molecule has 1 N–H and O–H groups in total. The van der Waals surface area contributed by atoms with Gasteiger partial charge in [-0.25, -0.2) is 9.78 Å². The number of imidazole rings is 1. The highest BCUT2D eigenvalue weighted by Crippen LogP contribution is 2.35. The van der Waals surface area contributed by atoms with Crippen molar-refractivity contribution < 1.29 is 14.5 Å². The van der Waals surface area contributed by atoms with Crippen LogP contribution in [0.5, 0.6) is 0 Å². The Balaban J connectivity index is 1.83. The van der Waals surface area contributed by atoms with Crippen LogP contribution in [0.4, 0.5) is 11.4 Å². The number of hydrogen-bond acceptors (Lipinski definition) is 6. The fraction of sp³-hybridized carbons (Fsp3) is 0.412. The van der Waals surface area contributed by atoms with E-state index in [1.165, 1.54) is 19.2 Å². The lowest BCUT2D eigenvalue weighted by molar-refractivity contribution is -0.384. The highest BCUT2D eigenvalue weighted by Gasteiger charge is 2.28. The van der Waals surface area contributed by atoms with Crippen LogP contribution in [0.2, 0.25) is 0 Å². The first-order valence-corrected chi connectivity index (χ1v) is 8.13. The zero-order valence-electron chi connectivity index (χ0n) is 14.2. The van der Waals surface area contributed by atoms with Crippen LogP contribution in [-0.2, 0) is 4.74 Å². The molecule has 0 aliphatic carbocycles. The number of H-pyrrole nitrogens is 1. The second-order valence-electron chi connectivity index (χ2n) is 6.13. The number of carbonyl (C=O) groups is 1. The summed E-state index contributed by atoms with van der Waals surface area (Å²) in [5, 5.41) is 11.4. The summed E-state index contributed by atoms with van der Waals surface area (Å²) in [6.45, 7) is 3.34. The van der Waals surface area contributed by atoms with Crippen LogP contribution < -0.4 is 4.90 Å². The van der Waals surface area contributed by atoms with Gasteiger partial charge in [0, 0.05) is 30.8 Å². The number of nitrogens with one attached hydrogen (secondary N) is 1. The van der Waals surface area contributed by atoms with Gasteiger partial charge < -0.3 is 14.6 Å². The Kier molecular flexibility index (Phi) is 4.69. The maximum absolute atomic E-state index is 11.8. The predicted octanol–water partition coefficient (Wildman–Crippen LogP) is 2.80. The van der Waals surface area contributed by atoms with Crippen molar-refractivity contribution in [1.29, 1.82) is 0 Å². The van der Waals surface area contributed by atoms with Crippen molar-refractivity contribution in [3.63, 3.8) is 0 Å². The number of methoxy groups -OCH3 is 1. The molecular formula is C17H20N4O4. The van der Waals surface area contributed by atoms with E-state index in [2.05, 4.69) is 9.97 Å². The molecule has 1 aromatic heterocycles. The van der Waals surface area contributed by atoms with Crippen LogP contribution >= 0.6 is 0 Å². The number of piperidine rings is 1. The third-order valence-corrected chi connectivity index (χ3v) is 4.68. The second-order valence-corrected chi connectivity index (χ2v) is 6.13. The van der Waals surface area contributed by atoms with Crippen LogP contribution in [0.1, 0.15) is 40.5 Å². The van der Waals surface area contributed by atoms with E-state index in [0.717, 1.165) is 24.2 Å². The lowest BCUT2D eigenvalue weighted by Crippen LogP contribution is -2.33. The Morgan fingerprint density at radius 2 is 2.12 bits per heavy atom. The van der Waals surface area contributed by atoms with Gasteiger partial charge in [-0.05, 0) is 31.9 Å². The molecule has 1 saturated heterocycles. The number of benzene rings is 1. The minimum Gasteiger partial charge on any atom is -0.465 e. The van der Waals surface area contributed by atoms with E-state index in [1.807, 2.05) is 11.8 Å². The van der Waals surface area contributed by atoms with Crippen LogP contribution in [0.25, 0.3) is 0 Å². The number of anilines is 1. The van der Waals surface area contributed by atoms with Crippen LogP contribution in [0, 0.1) is 17.0 Å². The van der Waals surface area contributed by atoms with Crippen molar-refractivity contribution >= 4 is 17.3 Å². The van der Waals surface area contributed by atoms with Crippen molar-refractivity contribution in [2.24, 2.45) is 0 Å². The molecule has 0 unspecified atom stereocenters. The summed E-state index contributed by atoms with van der Waals surface area (Å²) in [5.41, 5.74) is 2.91. The predicted molar refractivity (Wildman–Crippen MR) is 91.9 cm³/mol. The molecule has 0 amide bonds. The number of carbonyl (C=O) groups excluding carboxylic acids is 1. The first-order valence-electron chi connectivity index (χ1n) is 8.13. The van der Waals surface area contributed by atoms with Gasteiger partial charge in [0.15, 0.2) is 0 Å². The Hall–Kier alpha value is -2.90. The minimum atomic E-state index is -0.502. The third-order valence-electron chi connectivity index (χ3n) is 4.68. The highest BCUT2D eigenvalue weighted by atomic mass is 16.6. The standard InChI is InChI=1S/C17H20N4O4/c1-11-16(19-10-18-11)12-5-7-20(8-6-12)15-9-13(17(22)25-2)3-4-14(15)21(23)24/h3-4,9-10,12H,5-8H2,1-2H3,(H,18,19). The lowest BCUT2D eigenvalue weighted by Gasteiger charge is -2.33. The summed E-state index contributed by atoms with van der Waals surface area (Å²) < 4.78 is 4.72. The van der Waals surface area contributed by atoms with Gasteiger partial charge in [0.05, 0.1) is 29.6 Å². The SMILES string of the molecule is COC(=O)c1ccc([N+](=O)[O-])c(N2CCC(c3nc[nH]c3C)CC2)c1. The number of nitrogens with zero attached hydrogens (tertiary/aromatic N) is 3. The van der Waals surface area contributed by atoms with Crippen molar-refractivity contribution in [2.45, 2.75) is 25.7 Å². The number of aryl methyl sites for hydroxylation is 1. The smallest absolute Gasteiger partial charge is 0.337 e. The third kappa shape index (κ3) is 3.33. The summed E-state index contributed by atoms with van der Waals surface area (Å²) in [6, 6.07) is 4.34.